The summed E-state index contributed by atoms with van der Waals surface area (Å²) in [4.78, 5) is 0. The largest absolute Gasteiger partial charge is 0.460 e. The lowest BCUT2D eigenvalue weighted by atomic mass is 10.2. The van der Waals surface area contributed by atoms with Crippen LogP contribution in [-0.2, 0) is 0 Å². The molecule has 0 N–H and O–H groups in total. The molecule has 0 aliphatic carbocycles. The number of aryl methyl sites for hydroxylation is 1. The summed E-state index contributed by atoms with van der Waals surface area (Å²) >= 11 is 0. The highest BCUT2D eigenvalue weighted by Gasteiger charge is 2.16. The first-order valence-corrected chi connectivity index (χ1v) is 6.02. The molecule has 0 saturated heterocycles. The predicted molar refractivity (Wildman–Crippen MR) is 70.3 cm³/mol. The first kappa shape index (κ1) is 9.33. The van der Waals surface area contributed by atoms with Crippen molar-refractivity contribution in [1.29, 1.82) is 0 Å². The van der Waals surface area contributed by atoms with E-state index in [0.717, 1.165) is 50.0 Å². The van der Waals surface area contributed by atoms with Crippen LogP contribution in [0.15, 0.2) is 48.2 Å². The zero-order valence-corrected chi connectivity index (χ0v) is 10.0. The van der Waals surface area contributed by atoms with Crippen molar-refractivity contribution in [3.8, 4) is 0 Å². The second kappa shape index (κ2) is 2.85. The van der Waals surface area contributed by atoms with Gasteiger partial charge in [-0.1, -0.05) is 0 Å². The van der Waals surface area contributed by atoms with Gasteiger partial charge in [-0.3, -0.25) is 0 Å². The van der Waals surface area contributed by atoms with Crippen molar-refractivity contribution in [3.63, 3.8) is 0 Å². The normalized spacial score (nSPS) is 12.5. The Kier molecular flexibility index (Phi) is 1.40. The summed E-state index contributed by atoms with van der Waals surface area (Å²) in [6.45, 7) is 1.91. The number of fused-ring (bicyclic) bond motifs is 6. The van der Waals surface area contributed by atoms with Gasteiger partial charge < -0.3 is 17.7 Å². The molecule has 92 valence electrons. The molecule has 4 nitrogen and oxygen atoms in total. The van der Waals surface area contributed by atoms with Gasteiger partial charge in [0.2, 0.25) is 0 Å². The molecule has 0 radical (unpaired) electrons. The lowest BCUT2D eigenvalue weighted by molar-refractivity contribution is 0.580. The monoisotopic (exact) mass is 252 g/mol. The van der Waals surface area contributed by atoms with Crippen LogP contribution in [-0.4, -0.2) is 0 Å². The first-order chi connectivity index (χ1) is 9.29. The Bertz CT molecular complexity index is 1070. The fourth-order valence-electron chi connectivity index (χ4n) is 2.65. The van der Waals surface area contributed by atoms with Gasteiger partial charge in [-0.15, -0.1) is 0 Å². The summed E-state index contributed by atoms with van der Waals surface area (Å²) in [5.41, 5.74) is 4.56. The maximum Gasteiger partial charge on any atom is 0.180 e. The van der Waals surface area contributed by atoms with Gasteiger partial charge in [-0.25, -0.2) is 0 Å². The van der Waals surface area contributed by atoms with E-state index in [4.69, 9.17) is 17.7 Å². The van der Waals surface area contributed by atoms with E-state index in [1.54, 1.807) is 6.26 Å². The summed E-state index contributed by atoms with van der Waals surface area (Å²) in [6.07, 6.45) is 1.62. The van der Waals surface area contributed by atoms with Gasteiger partial charge in [0.15, 0.2) is 22.3 Å². The molecule has 4 aromatic heterocycles. The van der Waals surface area contributed by atoms with Crippen LogP contribution < -0.4 is 0 Å². The first-order valence-electron chi connectivity index (χ1n) is 6.02. The Hall–Kier alpha value is -2.62. The molecule has 4 heteroatoms. The van der Waals surface area contributed by atoms with Crippen LogP contribution in [0.25, 0.3) is 44.3 Å². The van der Waals surface area contributed by atoms with E-state index in [9.17, 15) is 0 Å². The third kappa shape index (κ3) is 1.04. The van der Waals surface area contributed by atoms with E-state index in [1.807, 2.05) is 31.2 Å². The molecular weight excluding hydrogens is 244 g/mol. The Morgan fingerprint density at radius 2 is 1.53 bits per heavy atom. The molecule has 0 aliphatic rings. The molecule has 0 saturated carbocycles. The fourth-order valence-corrected chi connectivity index (χ4v) is 2.65. The predicted octanol–water partition coefficient (Wildman–Crippen LogP) is 4.98. The highest BCUT2D eigenvalue weighted by Crippen LogP contribution is 2.37. The second-order valence-electron chi connectivity index (χ2n) is 4.71. The van der Waals surface area contributed by atoms with Crippen molar-refractivity contribution in [2.45, 2.75) is 6.92 Å². The van der Waals surface area contributed by atoms with Gasteiger partial charge in [0.1, 0.15) is 16.9 Å². The van der Waals surface area contributed by atoms with Gasteiger partial charge >= 0.3 is 0 Å². The zero-order valence-electron chi connectivity index (χ0n) is 10.0. The third-order valence-corrected chi connectivity index (χ3v) is 3.46. The second-order valence-corrected chi connectivity index (χ2v) is 4.71. The number of benzene rings is 1. The van der Waals surface area contributed by atoms with E-state index in [1.165, 1.54) is 0 Å². The molecule has 0 atom stereocenters. The number of hydrogen-bond donors (Lipinski definition) is 0. The minimum absolute atomic E-state index is 0.745. The van der Waals surface area contributed by atoms with E-state index in [2.05, 4.69) is 0 Å². The lowest BCUT2D eigenvalue weighted by Gasteiger charge is -1.90. The van der Waals surface area contributed by atoms with Crippen LogP contribution in [0, 0.1) is 6.92 Å². The molecule has 0 unspecified atom stereocenters. The molecule has 0 fully saturated rings. The van der Waals surface area contributed by atoms with Gasteiger partial charge in [0.25, 0.3) is 0 Å². The van der Waals surface area contributed by atoms with Crippen LogP contribution >= 0.6 is 0 Å². The van der Waals surface area contributed by atoms with Gasteiger partial charge in [-0.05, 0) is 13.0 Å². The molecule has 0 bridgehead atoms. The van der Waals surface area contributed by atoms with Crippen molar-refractivity contribution in [2.24, 2.45) is 0 Å². The average Bonchev–Trinajstić information content (AvgIpc) is 3.05. The van der Waals surface area contributed by atoms with E-state index in [0.29, 0.717) is 0 Å². The fraction of sp³-hybridized carbons (Fsp3) is 0.0667. The molecular formula is C15H8O4. The number of hydrogen-bond acceptors (Lipinski definition) is 4. The maximum atomic E-state index is 5.77. The van der Waals surface area contributed by atoms with Crippen molar-refractivity contribution in [1.82, 2.24) is 0 Å². The summed E-state index contributed by atoms with van der Waals surface area (Å²) < 4.78 is 22.6. The van der Waals surface area contributed by atoms with Gasteiger partial charge in [-0.2, -0.15) is 0 Å². The van der Waals surface area contributed by atoms with Crippen LogP contribution in [0.2, 0.25) is 0 Å². The highest BCUT2D eigenvalue weighted by molar-refractivity contribution is 6.12. The van der Waals surface area contributed by atoms with Crippen molar-refractivity contribution < 1.29 is 17.7 Å². The molecule has 0 spiro atoms. The van der Waals surface area contributed by atoms with Crippen LogP contribution in [0.3, 0.4) is 0 Å². The van der Waals surface area contributed by atoms with Crippen LogP contribution in [0.5, 0.6) is 0 Å². The van der Waals surface area contributed by atoms with E-state index >= 15 is 0 Å². The highest BCUT2D eigenvalue weighted by atomic mass is 16.4. The summed E-state index contributed by atoms with van der Waals surface area (Å²) in [5.74, 6) is 0.839. The summed E-state index contributed by atoms with van der Waals surface area (Å²) in [6, 6.07) is 7.57. The third-order valence-electron chi connectivity index (χ3n) is 3.46. The minimum atomic E-state index is 0.745. The number of furan rings is 4. The lowest BCUT2D eigenvalue weighted by Crippen LogP contribution is -1.67. The standard InChI is InChI=1S/C15H8O4/c1-7-4-13-15(17-7)9-5-8-11(6-12(9)19-13)18-10-2-3-16-14(8)10/h2-6H,1H3. The van der Waals surface area contributed by atoms with Crippen molar-refractivity contribution >= 4 is 44.3 Å². The Morgan fingerprint density at radius 1 is 0.737 bits per heavy atom. The Morgan fingerprint density at radius 3 is 2.42 bits per heavy atom. The van der Waals surface area contributed by atoms with Crippen LogP contribution in [0.4, 0.5) is 0 Å². The topological polar surface area (TPSA) is 52.6 Å². The molecule has 1 aromatic carbocycles. The van der Waals surface area contributed by atoms with E-state index < -0.39 is 0 Å². The maximum absolute atomic E-state index is 5.77. The zero-order chi connectivity index (χ0) is 12.6. The van der Waals surface area contributed by atoms with Crippen LogP contribution in [0.1, 0.15) is 5.76 Å². The van der Waals surface area contributed by atoms with E-state index in [-0.39, 0.29) is 0 Å². The quantitative estimate of drug-likeness (QED) is 0.390. The van der Waals surface area contributed by atoms with Gasteiger partial charge in [0.05, 0.1) is 17.0 Å². The summed E-state index contributed by atoms with van der Waals surface area (Å²) in [7, 11) is 0. The summed E-state index contributed by atoms with van der Waals surface area (Å²) in [5, 5.41) is 1.87. The Labute approximate surface area is 106 Å². The molecule has 4 heterocycles. The molecule has 5 rings (SSSR count). The van der Waals surface area contributed by atoms with Crippen molar-refractivity contribution in [2.75, 3.05) is 0 Å². The average molecular weight is 252 g/mol. The SMILES string of the molecule is Cc1cc2oc3cc4oc5ccoc5c4cc3c2o1. The van der Waals surface area contributed by atoms with Crippen molar-refractivity contribution in [3.05, 3.63) is 36.3 Å². The van der Waals surface area contributed by atoms with Gasteiger partial charge in [0, 0.05) is 18.2 Å². The molecule has 0 amide bonds. The molecule has 5 aromatic rings. The molecule has 19 heavy (non-hydrogen) atoms. The Balaban J connectivity index is 2.06. The minimum Gasteiger partial charge on any atom is -0.460 e. The smallest absolute Gasteiger partial charge is 0.180 e. The molecule has 0 aliphatic heterocycles. The number of rotatable bonds is 0.